The maximum Gasteiger partial charge on any atom is 0.220 e. The van der Waals surface area contributed by atoms with E-state index in [-0.39, 0.29) is 12.5 Å². The largest absolute Gasteiger partial charge is 0.394 e. The van der Waals surface area contributed by atoms with E-state index >= 15 is 0 Å². The Bertz CT molecular complexity index is 292. The third-order valence-electron chi connectivity index (χ3n) is 3.77. The highest BCUT2D eigenvalue weighted by molar-refractivity contribution is 5.76. The Hall–Kier alpha value is -0.870. The molecule has 130 valence electrons. The van der Waals surface area contributed by atoms with Gasteiger partial charge in [-0.05, 0) is 19.3 Å². The molecule has 22 heavy (non-hydrogen) atoms. The molecule has 0 aliphatic rings. The summed E-state index contributed by atoms with van der Waals surface area (Å²) in [5.74, 6) is -0.107. The van der Waals surface area contributed by atoms with Crippen LogP contribution in [0, 0.1) is 0 Å². The lowest BCUT2D eigenvalue weighted by molar-refractivity contribution is -0.122. The van der Waals surface area contributed by atoms with Gasteiger partial charge in [-0.3, -0.25) is 4.79 Å². The van der Waals surface area contributed by atoms with E-state index in [1.165, 1.54) is 32.1 Å². The minimum atomic E-state index is -0.823. The third-order valence-corrected chi connectivity index (χ3v) is 3.77. The zero-order valence-electron chi connectivity index (χ0n) is 14.4. The number of unbranched alkanes of at least 4 members (excludes halogenated alkanes) is 7. The van der Waals surface area contributed by atoms with E-state index in [0.29, 0.717) is 6.42 Å². The number of allylic oxidation sites excluding steroid dienone is 1. The van der Waals surface area contributed by atoms with Gasteiger partial charge in [0.1, 0.15) is 0 Å². The molecule has 0 saturated heterocycles. The fourth-order valence-corrected chi connectivity index (χ4v) is 2.27. The Morgan fingerprint density at radius 2 is 1.68 bits per heavy atom. The molecule has 0 spiro atoms. The molecule has 4 heteroatoms. The number of carbonyl (C=O) groups excluding carboxylic acids is 1. The van der Waals surface area contributed by atoms with E-state index in [4.69, 9.17) is 0 Å². The molecule has 4 nitrogen and oxygen atoms in total. The van der Waals surface area contributed by atoms with Crippen molar-refractivity contribution in [3.8, 4) is 0 Å². The summed E-state index contributed by atoms with van der Waals surface area (Å²) >= 11 is 0. The van der Waals surface area contributed by atoms with Crippen LogP contribution in [0.4, 0.5) is 0 Å². The summed E-state index contributed by atoms with van der Waals surface area (Å²) in [5.41, 5.74) is 0. The number of aliphatic hydroxyl groups excluding tert-OH is 2. The highest BCUT2D eigenvalue weighted by Crippen LogP contribution is 2.08. The summed E-state index contributed by atoms with van der Waals surface area (Å²) in [5, 5.41) is 22.0. The molecule has 0 aliphatic heterocycles. The number of nitrogens with one attached hydrogen (secondary N) is 1. The van der Waals surface area contributed by atoms with E-state index in [2.05, 4.69) is 12.2 Å². The van der Waals surface area contributed by atoms with Crippen LogP contribution in [0.1, 0.15) is 78.1 Å². The summed E-state index contributed by atoms with van der Waals surface area (Å²) < 4.78 is 0. The molecule has 0 aliphatic carbocycles. The molecule has 0 saturated carbocycles. The average molecular weight is 313 g/mol. The number of carbonyl (C=O) groups is 1. The van der Waals surface area contributed by atoms with Gasteiger partial charge in [-0.25, -0.2) is 0 Å². The van der Waals surface area contributed by atoms with Crippen molar-refractivity contribution in [2.24, 2.45) is 0 Å². The molecule has 0 rings (SSSR count). The lowest BCUT2D eigenvalue weighted by Gasteiger charge is -2.19. The predicted octanol–water partition coefficient (Wildman–Crippen LogP) is 3.32. The normalized spacial score (nSPS) is 14.2. The van der Waals surface area contributed by atoms with Crippen LogP contribution >= 0.6 is 0 Å². The Morgan fingerprint density at radius 3 is 2.32 bits per heavy atom. The van der Waals surface area contributed by atoms with Crippen LogP contribution in [0.25, 0.3) is 0 Å². The van der Waals surface area contributed by atoms with Gasteiger partial charge in [0.2, 0.25) is 5.91 Å². The van der Waals surface area contributed by atoms with Crippen molar-refractivity contribution in [2.45, 2.75) is 90.2 Å². The van der Waals surface area contributed by atoms with Crippen molar-refractivity contribution < 1.29 is 15.0 Å². The van der Waals surface area contributed by atoms with E-state index in [0.717, 1.165) is 25.7 Å². The van der Waals surface area contributed by atoms with Gasteiger partial charge in [-0.2, -0.15) is 0 Å². The fourth-order valence-electron chi connectivity index (χ4n) is 2.27. The monoisotopic (exact) mass is 313 g/mol. The first-order chi connectivity index (χ1) is 10.7. The minimum Gasteiger partial charge on any atom is -0.394 e. The maximum absolute atomic E-state index is 11.6. The highest BCUT2D eigenvalue weighted by Gasteiger charge is 2.17. The number of hydrogen-bond acceptors (Lipinski definition) is 3. The number of aliphatic hydroxyl groups is 2. The van der Waals surface area contributed by atoms with Crippen LogP contribution in [-0.2, 0) is 4.79 Å². The average Bonchev–Trinajstić information content (AvgIpc) is 2.52. The summed E-state index contributed by atoms with van der Waals surface area (Å²) in [6, 6.07) is -0.606. The van der Waals surface area contributed by atoms with Gasteiger partial charge < -0.3 is 15.5 Å². The molecule has 0 aromatic rings. The summed E-state index contributed by atoms with van der Waals surface area (Å²) in [7, 11) is 0. The second-order valence-electron chi connectivity index (χ2n) is 5.94. The van der Waals surface area contributed by atoms with Crippen molar-refractivity contribution in [1.82, 2.24) is 5.32 Å². The fraction of sp³-hybridized carbons (Fsp3) is 0.833. The smallest absolute Gasteiger partial charge is 0.220 e. The number of amides is 1. The van der Waals surface area contributed by atoms with E-state index < -0.39 is 12.1 Å². The van der Waals surface area contributed by atoms with Gasteiger partial charge >= 0.3 is 0 Å². The summed E-state index contributed by atoms with van der Waals surface area (Å²) in [6.45, 7) is 3.99. The molecule has 3 N–H and O–H groups in total. The van der Waals surface area contributed by atoms with Gasteiger partial charge in [0.25, 0.3) is 0 Å². The molecule has 0 heterocycles. The zero-order chi connectivity index (χ0) is 16.6. The van der Waals surface area contributed by atoms with E-state index in [1.807, 2.05) is 13.0 Å². The Kier molecular flexibility index (Phi) is 14.4. The van der Waals surface area contributed by atoms with Gasteiger partial charge in [-0.1, -0.05) is 64.5 Å². The Balaban J connectivity index is 3.86. The first-order valence-electron chi connectivity index (χ1n) is 8.90. The standard InChI is InChI=1S/C18H35NO3/c1-3-5-7-8-9-10-11-12-13-17(21)16(15-20)19-18(22)14-6-4-2/h12-13,16-17,20-21H,3-11,14-15H2,1-2H3,(H,19,22)/b13-12+. The molecular formula is C18H35NO3. The predicted molar refractivity (Wildman–Crippen MR) is 91.7 cm³/mol. The van der Waals surface area contributed by atoms with Gasteiger partial charge in [0, 0.05) is 6.42 Å². The van der Waals surface area contributed by atoms with Gasteiger partial charge in [0.05, 0.1) is 18.8 Å². The van der Waals surface area contributed by atoms with Crippen molar-refractivity contribution in [3.05, 3.63) is 12.2 Å². The first-order valence-corrected chi connectivity index (χ1v) is 8.90. The molecular weight excluding hydrogens is 278 g/mol. The summed E-state index contributed by atoms with van der Waals surface area (Å²) in [6.07, 6.45) is 13.5. The van der Waals surface area contributed by atoms with Crippen molar-refractivity contribution in [3.63, 3.8) is 0 Å². The van der Waals surface area contributed by atoms with Crippen molar-refractivity contribution >= 4 is 5.91 Å². The van der Waals surface area contributed by atoms with Gasteiger partial charge in [-0.15, -0.1) is 0 Å². The minimum absolute atomic E-state index is 0.107. The molecule has 0 fully saturated rings. The van der Waals surface area contributed by atoms with E-state index in [1.54, 1.807) is 6.08 Å². The lowest BCUT2D eigenvalue weighted by atomic mass is 10.1. The van der Waals surface area contributed by atoms with Crippen LogP contribution in [0.5, 0.6) is 0 Å². The zero-order valence-corrected chi connectivity index (χ0v) is 14.4. The topological polar surface area (TPSA) is 69.6 Å². The second kappa shape index (κ2) is 15.0. The molecule has 1 amide bonds. The van der Waals surface area contributed by atoms with Crippen LogP contribution in [0.15, 0.2) is 12.2 Å². The highest BCUT2D eigenvalue weighted by atomic mass is 16.3. The molecule has 0 aromatic carbocycles. The van der Waals surface area contributed by atoms with Crippen LogP contribution in [-0.4, -0.2) is 34.9 Å². The van der Waals surface area contributed by atoms with Crippen molar-refractivity contribution in [1.29, 1.82) is 0 Å². The quantitative estimate of drug-likeness (QED) is 0.340. The molecule has 2 atom stereocenters. The van der Waals surface area contributed by atoms with Crippen LogP contribution in [0.2, 0.25) is 0 Å². The number of rotatable bonds is 14. The maximum atomic E-state index is 11.6. The lowest BCUT2D eigenvalue weighted by Crippen LogP contribution is -2.45. The molecule has 0 aromatic heterocycles. The number of hydrogen-bond donors (Lipinski definition) is 3. The van der Waals surface area contributed by atoms with Crippen molar-refractivity contribution in [2.75, 3.05) is 6.61 Å². The molecule has 2 unspecified atom stereocenters. The first kappa shape index (κ1) is 21.1. The summed E-state index contributed by atoms with van der Waals surface area (Å²) in [4.78, 5) is 11.6. The molecule has 0 radical (unpaired) electrons. The van der Waals surface area contributed by atoms with Gasteiger partial charge in [0.15, 0.2) is 0 Å². The Morgan fingerprint density at radius 1 is 1.05 bits per heavy atom. The molecule has 0 bridgehead atoms. The van der Waals surface area contributed by atoms with Crippen LogP contribution in [0.3, 0.4) is 0 Å². The third kappa shape index (κ3) is 11.8. The SMILES string of the molecule is CCCCCCCC/C=C/C(O)C(CO)NC(=O)CCCC. The second-order valence-corrected chi connectivity index (χ2v) is 5.94. The van der Waals surface area contributed by atoms with E-state index in [9.17, 15) is 15.0 Å². The Labute approximate surface area is 136 Å². The van der Waals surface area contributed by atoms with Crippen LogP contribution < -0.4 is 5.32 Å².